The lowest BCUT2D eigenvalue weighted by Gasteiger charge is -2.49. The first-order chi connectivity index (χ1) is 16.3. The number of alkyl carbamates (subject to hydrolysis) is 1. The Morgan fingerprint density at radius 2 is 1.60 bits per heavy atom. The molecule has 0 radical (unpaired) electrons. The summed E-state index contributed by atoms with van der Waals surface area (Å²) in [7, 11) is 0. The summed E-state index contributed by atoms with van der Waals surface area (Å²) >= 11 is 0. The average Bonchev–Trinajstić information content (AvgIpc) is 3.47. The van der Waals surface area contributed by atoms with Crippen LogP contribution in [0.15, 0.2) is 6.07 Å². The minimum absolute atomic E-state index is 0.108. The first kappa shape index (κ1) is 24.4. The number of fused-ring (bicyclic) bond motifs is 2. The first-order valence-electron chi connectivity index (χ1n) is 12.4. The van der Waals surface area contributed by atoms with Crippen LogP contribution in [0.1, 0.15) is 64.6 Å². The Morgan fingerprint density at radius 3 is 2.17 bits per heavy atom. The SMILES string of the molecule is CC(C)(C)OC(=O)N[C@@H]1CCN(c2cc(N3CC4CC(F)(F)CC(C3)C4(F)F)nc(C3CC3)n2)C1. The molecule has 7 nitrogen and oxygen atoms in total. The van der Waals surface area contributed by atoms with Gasteiger partial charge in [0.2, 0.25) is 5.92 Å². The van der Waals surface area contributed by atoms with Crippen molar-refractivity contribution in [2.75, 3.05) is 36.0 Å². The van der Waals surface area contributed by atoms with Gasteiger partial charge < -0.3 is 19.9 Å². The average molecular weight is 500 g/mol. The van der Waals surface area contributed by atoms with Crippen LogP contribution in [0, 0.1) is 11.8 Å². The third kappa shape index (κ3) is 5.28. The Kier molecular flexibility index (Phi) is 5.83. The van der Waals surface area contributed by atoms with Gasteiger partial charge in [-0.05, 0) is 40.0 Å². The molecule has 4 aliphatic rings. The number of ether oxygens (including phenoxy) is 1. The van der Waals surface area contributed by atoms with Gasteiger partial charge in [0.15, 0.2) is 0 Å². The summed E-state index contributed by atoms with van der Waals surface area (Å²) in [5, 5.41) is 2.90. The molecule has 3 heterocycles. The zero-order chi connectivity index (χ0) is 25.2. The van der Waals surface area contributed by atoms with Gasteiger partial charge in [0.05, 0.1) is 6.04 Å². The predicted octanol–water partition coefficient (Wildman–Crippen LogP) is 4.57. The molecule has 1 amide bonds. The largest absolute Gasteiger partial charge is 0.444 e. The molecule has 1 aromatic rings. The van der Waals surface area contributed by atoms with Crippen LogP contribution in [0.3, 0.4) is 0 Å². The molecule has 2 saturated carbocycles. The molecule has 2 saturated heterocycles. The van der Waals surface area contributed by atoms with Gasteiger partial charge in [-0.15, -0.1) is 0 Å². The number of nitrogens with zero attached hydrogens (tertiary/aromatic N) is 4. The van der Waals surface area contributed by atoms with E-state index in [0.717, 1.165) is 12.8 Å². The van der Waals surface area contributed by atoms with E-state index in [-0.39, 0.29) is 25.0 Å². The van der Waals surface area contributed by atoms with Crippen molar-refractivity contribution in [3.63, 3.8) is 0 Å². The molecule has 2 unspecified atom stereocenters. The van der Waals surface area contributed by atoms with E-state index in [2.05, 4.69) is 10.3 Å². The van der Waals surface area contributed by atoms with Crippen LogP contribution in [-0.2, 0) is 4.74 Å². The number of piperidine rings is 1. The maximum Gasteiger partial charge on any atom is 0.407 e. The number of carbonyl (C=O) groups is 1. The summed E-state index contributed by atoms with van der Waals surface area (Å²) in [6.45, 7) is 6.32. The molecule has 2 bridgehead atoms. The zero-order valence-corrected chi connectivity index (χ0v) is 20.4. The van der Waals surface area contributed by atoms with E-state index in [0.29, 0.717) is 37.0 Å². The highest BCUT2D eigenvalue weighted by atomic mass is 19.3. The van der Waals surface area contributed by atoms with E-state index in [9.17, 15) is 22.4 Å². The Morgan fingerprint density at radius 1 is 1.00 bits per heavy atom. The van der Waals surface area contributed by atoms with Crippen molar-refractivity contribution in [2.24, 2.45) is 11.8 Å². The highest BCUT2D eigenvalue weighted by Gasteiger charge is 2.61. The Bertz CT molecular complexity index is 961. The maximum absolute atomic E-state index is 14.7. The van der Waals surface area contributed by atoms with Crippen LogP contribution in [0.2, 0.25) is 0 Å². The molecular formula is C24H33F4N5O2. The fourth-order valence-electron chi connectivity index (χ4n) is 5.42. The summed E-state index contributed by atoms with van der Waals surface area (Å²) < 4.78 is 62.8. The van der Waals surface area contributed by atoms with E-state index in [1.807, 2.05) is 4.90 Å². The van der Waals surface area contributed by atoms with Crippen molar-refractivity contribution in [1.82, 2.24) is 15.3 Å². The predicted molar refractivity (Wildman–Crippen MR) is 122 cm³/mol. The van der Waals surface area contributed by atoms with Crippen LogP contribution >= 0.6 is 0 Å². The number of hydrogen-bond acceptors (Lipinski definition) is 6. The fourth-order valence-corrected chi connectivity index (χ4v) is 5.42. The Labute approximate surface area is 202 Å². The molecular weight excluding hydrogens is 466 g/mol. The molecule has 2 aliphatic carbocycles. The van der Waals surface area contributed by atoms with Gasteiger partial charge in [-0.2, -0.15) is 0 Å². The van der Waals surface area contributed by atoms with Gasteiger partial charge in [0.25, 0.3) is 5.92 Å². The van der Waals surface area contributed by atoms with Crippen LogP contribution in [-0.4, -0.2) is 65.7 Å². The number of carbonyl (C=O) groups excluding carboxylic acids is 1. The molecule has 2 aliphatic heterocycles. The molecule has 1 N–H and O–H groups in total. The molecule has 1 aromatic heterocycles. The monoisotopic (exact) mass is 499 g/mol. The fraction of sp³-hybridized carbons (Fsp3) is 0.792. The number of anilines is 2. The van der Waals surface area contributed by atoms with Crippen molar-refractivity contribution in [1.29, 1.82) is 0 Å². The third-order valence-electron chi connectivity index (χ3n) is 7.28. The number of halogens is 4. The summed E-state index contributed by atoms with van der Waals surface area (Å²) in [6, 6.07) is 1.67. The van der Waals surface area contributed by atoms with E-state index in [1.165, 1.54) is 0 Å². The molecule has 0 aromatic carbocycles. The van der Waals surface area contributed by atoms with Gasteiger partial charge in [-0.25, -0.2) is 32.3 Å². The highest BCUT2D eigenvalue weighted by molar-refractivity contribution is 5.68. The van der Waals surface area contributed by atoms with E-state index < -0.39 is 48.2 Å². The minimum Gasteiger partial charge on any atom is -0.444 e. The van der Waals surface area contributed by atoms with Gasteiger partial charge in [-0.3, -0.25) is 0 Å². The van der Waals surface area contributed by atoms with E-state index in [4.69, 9.17) is 9.72 Å². The summed E-state index contributed by atoms with van der Waals surface area (Å²) in [5.74, 6) is -6.83. The molecule has 35 heavy (non-hydrogen) atoms. The quantitative estimate of drug-likeness (QED) is 0.612. The number of rotatable bonds is 4. The second-order valence-electron chi connectivity index (χ2n) is 11.5. The van der Waals surface area contributed by atoms with Crippen molar-refractivity contribution in [2.45, 2.75) is 82.3 Å². The lowest BCUT2D eigenvalue weighted by Crippen LogP contribution is -2.59. The third-order valence-corrected chi connectivity index (χ3v) is 7.28. The van der Waals surface area contributed by atoms with Gasteiger partial charge in [-0.1, -0.05) is 0 Å². The van der Waals surface area contributed by atoms with E-state index in [1.54, 1.807) is 31.7 Å². The standard InChI is InChI=1S/C24H33F4N5O2/c1-22(2,3)35-21(34)29-17-6-7-32(13-17)18-8-19(31-20(30-18)14-4-5-14)33-11-15-9-23(25,26)10-16(12-33)24(15,27)28/h8,14-17H,4-7,9-13H2,1-3H3,(H,29,34)/t15?,16?,17-/m1/s1. The van der Waals surface area contributed by atoms with Crippen LogP contribution < -0.4 is 15.1 Å². The topological polar surface area (TPSA) is 70.6 Å². The van der Waals surface area contributed by atoms with Crippen molar-refractivity contribution in [3.8, 4) is 0 Å². The number of hydrogen-bond donors (Lipinski definition) is 1. The highest BCUT2D eigenvalue weighted by Crippen LogP contribution is 2.52. The second kappa shape index (κ2) is 8.37. The van der Waals surface area contributed by atoms with Crippen LogP contribution in [0.4, 0.5) is 34.0 Å². The molecule has 4 fully saturated rings. The summed E-state index contributed by atoms with van der Waals surface area (Å²) in [4.78, 5) is 25.4. The molecule has 11 heteroatoms. The van der Waals surface area contributed by atoms with Gasteiger partial charge in [0.1, 0.15) is 23.1 Å². The maximum atomic E-state index is 14.7. The number of alkyl halides is 4. The van der Waals surface area contributed by atoms with Crippen molar-refractivity contribution < 1.29 is 27.1 Å². The lowest BCUT2D eigenvalue weighted by atomic mass is 9.72. The van der Waals surface area contributed by atoms with Gasteiger partial charge in [0, 0.05) is 62.8 Å². The molecule has 3 atom stereocenters. The first-order valence-corrected chi connectivity index (χ1v) is 12.4. The smallest absolute Gasteiger partial charge is 0.407 e. The summed E-state index contributed by atoms with van der Waals surface area (Å²) in [6.07, 6.45) is 0.591. The Hall–Kier alpha value is -2.33. The van der Waals surface area contributed by atoms with Crippen molar-refractivity contribution >= 4 is 17.7 Å². The molecule has 194 valence electrons. The second-order valence-corrected chi connectivity index (χ2v) is 11.5. The number of aromatic nitrogens is 2. The van der Waals surface area contributed by atoms with Crippen LogP contribution in [0.5, 0.6) is 0 Å². The summed E-state index contributed by atoms with van der Waals surface area (Å²) in [5.41, 5.74) is -0.587. The van der Waals surface area contributed by atoms with Crippen LogP contribution in [0.25, 0.3) is 0 Å². The molecule has 0 spiro atoms. The van der Waals surface area contributed by atoms with E-state index >= 15 is 0 Å². The van der Waals surface area contributed by atoms with Crippen molar-refractivity contribution in [3.05, 3.63) is 11.9 Å². The normalized spacial score (nSPS) is 29.7. The molecule has 5 rings (SSSR count). The number of amides is 1. The minimum atomic E-state index is -3.09. The lowest BCUT2D eigenvalue weighted by molar-refractivity contribution is -0.204. The van der Waals surface area contributed by atoms with Gasteiger partial charge >= 0.3 is 6.09 Å². The number of nitrogens with one attached hydrogen (secondary N) is 1. The zero-order valence-electron chi connectivity index (χ0n) is 20.4. The Balaban J connectivity index is 1.33.